The van der Waals surface area contributed by atoms with Gasteiger partial charge >= 0.3 is 45.5 Å². The number of rotatable bonds is 0. The van der Waals surface area contributed by atoms with Gasteiger partial charge in [-0.1, -0.05) is 0 Å². The van der Waals surface area contributed by atoms with Crippen LogP contribution in [-0.4, -0.2) is 66.7 Å². The van der Waals surface area contributed by atoms with E-state index in [4.69, 9.17) is 15.3 Å². The Labute approximate surface area is 76.1 Å². The number of hydrogen-bond donors (Lipinski definition) is 1. The molecular formula is H7NO5Sr. The maximum atomic E-state index is 8.36. The molecule has 0 atom stereocenters. The minimum absolute atomic E-state index is 0. The minimum atomic E-state index is -1.50. The Morgan fingerprint density at radius 2 is 1.43 bits per heavy atom. The fourth-order valence-corrected chi connectivity index (χ4v) is 0. The molecule has 0 spiro atoms. The standard InChI is InChI=1S/HNO3.2H2O.Sr.2H/c2-1(3)4;;;;;/h(H,2,3,4);2*1H2;;;. The third kappa shape index (κ3) is 387. The van der Waals surface area contributed by atoms with E-state index in [0.717, 1.165) is 0 Å². The summed E-state index contributed by atoms with van der Waals surface area (Å²) in [5.74, 6) is 0. The van der Waals surface area contributed by atoms with E-state index in [0.29, 0.717) is 0 Å². The van der Waals surface area contributed by atoms with Gasteiger partial charge in [0.2, 0.25) is 0 Å². The number of hydrogen-bond acceptors (Lipinski definition) is 2. The molecule has 7 heavy (non-hydrogen) atoms. The van der Waals surface area contributed by atoms with Gasteiger partial charge in [-0.25, -0.2) is 0 Å². The van der Waals surface area contributed by atoms with Gasteiger partial charge in [-0.05, 0) is 0 Å². The van der Waals surface area contributed by atoms with E-state index < -0.39 is 5.09 Å². The molecular weight excluding hydrogens is 182 g/mol. The Hall–Kier alpha value is 0.601. The molecule has 0 aliphatic rings. The molecule has 0 saturated carbocycles. The molecule has 0 amide bonds. The van der Waals surface area contributed by atoms with E-state index in [1.54, 1.807) is 0 Å². The van der Waals surface area contributed by atoms with Crippen LogP contribution in [0.4, 0.5) is 0 Å². The molecule has 5 N–H and O–H groups in total. The van der Waals surface area contributed by atoms with E-state index >= 15 is 0 Å². The van der Waals surface area contributed by atoms with Crippen molar-refractivity contribution in [2.75, 3.05) is 0 Å². The molecule has 7 heteroatoms. The Morgan fingerprint density at radius 3 is 1.43 bits per heavy atom. The van der Waals surface area contributed by atoms with Gasteiger partial charge in [-0.2, -0.15) is 0 Å². The first-order valence-corrected chi connectivity index (χ1v) is 0.565. The van der Waals surface area contributed by atoms with Crippen molar-refractivity contribution in [3.8, 4) is 0 Å². The van der Waals surface area contributed by atoms with Crippen LogP contribution in [0.25, 0.3) is 0 Å². The average molecular weight is 189 g/mol. The van der Waals surface area contributed by atoms with Crippen molar-refractivity contribution in [2.24, 2.45) is 0 Å². The number of nitrogens with zero attached hydrogens (tertiary/aromatic N) is 1. The van der Waals surface area contributed by atoms with Gasteiger partial charge in [0.25, 0.3) is 5.09 Å². The van der Waals surface area contributed by atoms with E-state index in [1.165, 1.54) is 0 Å². The molecule has 0 rings (SSSR count). The van der Waals surface area contributed by atoms with Crippen molar-refractivity contribution < 1.29 is 21.2 Å². The monoisotopic (exact) mass is 189 g/mol. The first-order valence-electron chi connectivity index (χ1n) is 0.565. The molecule has 0 bridgehead atoms. The first-order chi connectivity index (χ1) is 1.73. The molecule has 0 unspecified atom stereocenters. The van der Waals surface area contributed by atoms with Gasteiger partial charge in [-0.3, -0.25) is 0 Å². The van der Waals surface area contributed by atoms with Gasteiger partial charge in [0.05, 0.1) is 0 Å². The fraction of sp³-hybridized carbons (Fsp3) is 0. The predicted molar refractivity (Wildman–Crippen MR) is 24.6 cm³/mol. The molecule has 0 aromatic carbocycles. The second kappa shape index (κ2) is 16.0. The van der Waals surface area contributed by atoms with Crippen molar-refractivity contribution in [2.45, 2.75) is 0 Å². The van der Waals surface area contributed by atoms with Crippen molar-refractivity contribution in [3.63, 3.8) is 0 Å². The Kier molecular flexibility index (Phi) is 58.3. The van der Waals surface area contributed by atoms with Crippen LogP contribution in [0.5, 0.6) is 0 Å². The van der Waals surface area contributed by atoms with Gasteiger partial charge in [0, 0.05) is 0 Å². The van der Waals surface area contributed by atoms with E-state index in [9.17, 15) is 0 Å². The van der Waals surface area contributed by atoms with Gasteiger partial charge < -0.3 is 16.2 Å². The van der Waals surface area contributed by atoms with Crippen LogP contribution >= 0.6 is 0 Å². The zero-order valence-electron chi connectivity index (χ0n) is 2.71. The van der Waals surface area contributed by atoms with Crippen LogP contribution < -0.4 is 0 Å². The summed E-state index contributed by atoms with van der Waals surface area (Å²) in [5.41, 5.74) is 0. The quantitative estimate of drug-likeness (QED) is 0.249. The molecule has 0 aliphatic heterocycles. The molecule has 6 nitrogen and oxygen atoms in total. The zero-order chi connectivity index (χ0) is 3.58. The van der Waals surface area contributed by atoms with Crippen LogP contribution in [0.2, 0.25) is 0 Å². The van der Waals surface area contributed by atoms with E-state index in [2.05, 4.69) is 0 Å². The van der Waals surface area contributed by atoms with Crippen LogP contribution in [-0.2, 0) is 0 Å². The van der Waals surface area contributed by atoms with Crippen LogP contribution in [0.15, 0.2) is 0 Å². The van der Waals surface area contributed by atoms with Crippen LogP contribution in [0, 0.1) is 10.1 Å². The summed E-state index contributed by atoms with van der Waals surface area (Å²) in [6, 6.07) is 0. The zero-order valence-corrected chi connectivity index (χ0v) is 2.71. The van der Waals surface area contributed by atoms with Crippen LogP contribution in [0.1, 0.15) is 0 Å². The summed E-state index contributed by atoms with van der Waals surface area (Å²) in [4.78, 5) is 8.36. The second-order valence-corrected chi connectivity index (χ2v) is 0.238. The Bertz CT molecular complexity index is 31.1. The molecule has 0 aromatic rings. The summed E-state index contributed by atoms with van der Waals surface area (Å²) in [5, 5.41) is 13.6. The van der Waals surface area contributed by atoms with Crippen molar-refractivity contribution in [1.29, 1.82) is 0 Å². The first kappa shape index (κ1) is 25.5. The summed E-state index contributed by atoms with van der Waals surface area (Å²) >= 11 is 0. The van der Waals surface area contributed by atoms with Crippen LogP contribution in [0.3, 0.4) is 0 Å². The van der Waals surface area contributed by atoms with Gasteiger partial charge in [0.1, 0.15) is 0 Å². The molecule has 0 aliphatic carbocycles. The Morgan fingerprint density at radius 1 is 1.43 bits per heavy atom. The summed E-state index contributed by atoms with van der Waals surface area (Å²) < 4.78 is 0. The maximum absolute atomic E-state index is 8.36. The molecule has 0 heterocycles. The third-order valence-electron chi connectivity index (χ3n) is 0. The SMILES string of the molecule is O.O.O=[N+]([O-])O.[SrH2]. The van der Waals surface area contributed by atoms with Gasteiger partial charge in [0.15, 0.2) is 0 Å². The summed E-state index contributed by atoms with van der Waals surface area (Å²) in [7, 11) is 0. The van der Waals surface area contributed by atoms with E-state index in [1.807, 2.05) is 0 Å². The topological polar surface area (TPSA) is 126 Å². The summed E-state index contributed by atoms with van der Waals surface area (Å²) in [6.45, 7) is 0. The molecule has 0 fully saturated rings. The van der Waals surface area contributed by atoms with Crippen molar-refractivity contribution in [1.82, 2.24) is 0 Å². The normalized spacial score (nSPS) is 3.43. The molecule has 44 valence electrons. The molecule has 0 aromatic heterocycles. The van der Waals surface area contributed by atoms with Crippen molar-refractivity contribution in [3.05, 3.63) is 10.1 Å². The molecule has 0 saturated heterocycles. The summed E-state index contributed by atoms with van der Waals surface area (Å²) in [6.07, 6.45) is 0. The Balaban J connectivity index is -0.0000000150. The average Bonchev–Trinajstić information content (AvgIpc) is 0.811. The molecule has 0 radical (unpaired) electrons. The van der Waals surface area contributed by atoms with Gasteiger partial charge in [-0.15, -0.1) is 10.1 Å². The second-order valence-electron chi connectivity index (χ2n) is 0.238. The third-order valence-corrected chi connectivity index (χ3v) is 0. The van der Waals surface area contributed by atoms with E-state index in [-0.39, 0.29) is 56.4 Å². The fourth-order valence-electron chi connectivity index (χ4n) is 0. The van der Waals surface area contributed by atoms with Crippen molar-refractivity contribution >= 4 is 45.5 Å². The predicted octanol–water partition coefficient (Wildman–Crippen LogP) is -2.91.